The van der Waals surface area contributed by atoms with Crippen molar-refractivity contribution >= 4 is 10.2 Å². The van der Waals surface area contributed by atoms with Crippen molar-refractivity contribution in [3.05, 3.63) is 29.3 Å². The summed E-state index contributed by atoms with van der Waals surface area (Å²) < 4.78 is 34.1. The van der Waals surface area contributed by atoms with Crippen LogP contribution in [0.3, 0.4) is 0 Å². The SMILES string of the molecule is COc1ccc2c(c1)C(C)N(S(=O)(=O)NC(C)C)CC2. The number of ether oxygens (including phenoxy) is 1. The minimum atomic E-state index is -3.45. The molecule has 1 unspecified atom stereocenters. The van der Waals surface area contributed by atoms with Crippen LogP contribution in [0.25, 0.3) is 0 Å². The van der Waals surface area contributed by atoms with Crippen LogP contribution in [0, 0.1) is 0 Å². The minimum absolute atomic E-state index is 0.112. The van der Waals surface area contributed by atoms with Gasteiger partial charge in [0.15, 0.2) is 0 Å². The van der Waals surface area contributed by atoms with Crippen LogP contribution in [0.15, 0.2) is 18.2 Å². The largest absolute Gasteiger partial charge is 0.497 e. The van der Waals surface area contributed by atoms with E-state index < -0.39 is 10.2 Å². The maximum absolute atomic E-state index is 12.4. The van der Waals surface area contributed by atoms with Crippen LogP contribution < -0.4 is 9.46 Å². The van der Waals surface area contributed by atoms with E-state index >= 15 is 0 Å². The van der Waals surface area contributed by atoms with Crippen LogP contribution in [-0.2, 0) is 16.6 Å². The molecule has 0 aromatic heterocycles. The van der Waals surface area contributed by atoms with Crippen LogP contribution >= 0.6 is 0 Å². The molecule has 0 bridgehead atoms. The summed E-state index contributed by atoms with van der Waals surface area (Å²) in [5.74, 6) is 0.756. The summed E-state index contributed by atoms with van der Waals surface area (Å²) in [7, 11) is -1.84. The molecule has 1 aliphatic rings. The molecule has 0 spiro atoms. The van der Waals surface area contributed by atoms with Gasteiger partial charge in [-0.1, -0.05) is 6.07 Å². The molecular formula is C14H22N2O3S. The highest BCUT2D eigenvalue weighted by Crippen LogP contribution is 2.33. The average Bonchev–Trinajstić information content (AvgIpc) is 2.37. The molecule has 1 aromatic rings. The van der Waals surface area contributed by atoms with Crippen molar-refractivity contribution in [1.29, 1.82) is 0 Å². The molecule has 1 aliphatic heterocycles. The Hall–Kier alpha value is -1.11. The molecule has 1 atom stereocenters. The number of nitrogens with zero attached hydrogens (tertiary/aromatic N) is 1. The summed E-state index contributed by atoms with van der Waals surface area (Å²) in [6.45, 7) is 6.06. The highest BCUT2D eigenvalue weighted by molar-refractivity contribution is 7.87. The van der Waals surface area contributed by atoms with Gasteiger partial charge in [0.05, 0.1) is 7.11 Å². The van der Waals surface area contributed by atoms with Gasteiger partial charge in [-0.3, -0.25) is 0 Å². The van der Waals surface area contributed by atoms with Crippen LogP contribution in [0.1, 0.15) is 37.9 Å². The summed E-state index contributed by atoms with van der Waals surface area (Å²) in [4.78, 5) is 0. The van der Waals surface area contributed by atoms with E-state index in [0.717, 1.165) is 17.7 Å². The zero-order valence-electron chi connectivity index (χ0n) is 12.4. The van der Waals surface area contributed by atoms with Crippen molar-refractivity contribution in [2.45, 2.75) is 39.3 Å². The van der Waals surface area contributed by atoms with E-state index in [4.69, 9.17) is 4.74 Å². The lowest BCUT2D eigenvalue weighted by molar-refractivity contribution is 0.318. The van der Waals surface area contributed by atoms with Gasteiger partial charge in [-0.2, -0.15) is 17.4 Å². The van der Waals surface area contributed by atoms with Gasteiger partial charge in [-0.15, -0.1) is 0 Å². The Balaban J connectivity index is 2.33. The molecule has 6 heteroatoms. The Kier molecular flexibility index (Phi) is 4.36. The molecule has 1 N–H and O–H groups in total. The first kappa shape index (κ1) is 15.3. The predicted molar refractivity (Wildman–Crippen MR) is 79.0 cm³/mol. The Labute approximate surface area is 121 Å². The first-order valence-electron chi connectivity index (χ1n) is 6.81. The van der Waals surface area contributed by atoms with Crippen LogP contribution in [0.4, 0.5) is 0 Å². The van der Waals surface area contributed by atoms with Crippen LogP contribution in [0.5, 0.6) is 5.75 Å². The molecule has 0 aliphatic carbocycles. The molecule has 0 radical (unpaired) electrons. The first-order chi connectivity index (χ1) is 9.35. The first-order valence-corrected chi connectivity index (χ1v) is 8.25. The molecule has 0 fully saturated rings. The van der Waals surface area contributed by atoms with Gasteiger partial charge in [0.1, 0.15) is 5.75 Å². The van der Waals surface area contributed by atoms with Crippen LogP contribution in [0.2, 0.25) is 0 Å². The van der Waals surface area contributed by atoms with E-state index in [-0.39, 0.29) is 12.1 Å². The van der Waals surface area contributed by atoms with Crippen molar-refractivity contribution < 1.29 is 13.2 Å². The summed E-state index contributed by atoms with van der Waals surface area (Å²) in [6, 6.07) is 5.56. The van der Waals surface area contributed by atoms with Gasteiger partial charge < -0.3 is 4.74 Å². The molecule has 0 saturated carbocycles. The Bertz CT molecular complexity index is 584. The molecule has 0 saturated heterocycles. The lowest BCUT2D eigenvalue weighted by Gasteiger charge is -2.34. The third-order valence-electron chi connectivity index (χ3n) is 3.53. The van der Waals surface area contributed by atoms with Crippen molar-refractivity contribution in [2.24, 2.45) is 0 Å². The molecular weight excluding hydrogens is 276 g/mol. The Morgan fingerprint density at radius 3 is 2.70 bits per heavy atom. The van der Waals surface area contributed by atoms with Gasteiger partial charge in [0.2, 0.25) is 0 Å². The molecule has 5 nitrogen and oxygen atoms in total. The van der Waals surface area contributed by atoms with Crippen molar-refractivity contribution in [1.82, 2.24) is 9.03 Å². The lowest BCUT2D eigenvalue weighted by atomic mass is 9.95. The number of hydrogen-bond acceptors (Lipinski definition) is 3. The molecule has 20 heavy (non-hydrogen) atoms. The molecule has 112 valence electrons. The van der Waals surface area contributed by atoms with E-state index in [1.165, 1.54) is 9.87 Å². The molecule has 1 heterocycles. The van der Waals surface area contributed by atoms with E-state index in [1.807, 2.05) is 39.0 Å². The van der Waals surface area contributed by atoms with Gasteiger partial charge >= 0.3 is 0 Å². The van der Waals surface area contributed by atoms with Gasteiger partial charge in [0.25, 0.3) is 10.2 Å². The van der Waals surface area contributed by atoms with Gasteiger partial charge in [-0.05, 0) is 50.5 Å². The van der Waals surface area contributed by atoms with Crippen molar-refractivity contribution in [3.63, 3.8) is 0 Å². The topological polar surface area (TPSA) is 58.6 Å². The van der Waals surface area contributed by atoms with Crippen molar-refractivity contribution in [2.75, 3.05) is 13.7 Å². The van der Waals surface area contributed by atoms with E-state index in [9.17, 15) is 8.42 Å². The fourth-order valence-corrected chi connectivity index (χ4v) is 4.18. The molecule has 1 aromatic carbocycles. The summed E-state index contributed by atoms with van der Waals surface area (Å²) in [6.07, 6.45) is 0.725. The third-order valence-corrected chi connectivity index (χ3v) is 5.42. The zero-order valence-corrected chi connectivity index (χ0v) is 13.2. The second kappa shape index (κ2) is 5.71. The number of benzene rings is 1. The Morgan fingerprint density at radius 2 is 2.10 bits per heavy atom. The maximum Gasteiger partial charge on any atom is 0.280 e. The lowest BCUT2D eigenvalue weighted by Crippen LogP contribution is -2.47. The number of rotatable bonds is 4. The highest BCUT2D eigenvalue weighted by Gasteiger charge is 2.33. The average molecular weight is 298 g/mol. The second-order valence-corrected chi connectivity index (χ2v) is 7.03. The predicted octanol–water partition coefficient (Wildman–Crippen LogP) is 1.86. The van der Waals surface area contributed by atoms with Crippen molar-refractivity contribution in [3.8, 4) is 5.75 Å². The van der Waals surface area contributed by atoms with E-state index in [0.29, 0.717) is 6.54 Å². The van der Waals surface area contributed by atoms with Gasteiger partial charge in [-0.25, -0.2) is 0 Å². The highest BCUT2D eigenvalue weighted by atomic mass is 32.2. The maximum atomic E-state index is 12.4. The number of nitrogens with one attached hydrogen (secondary N) is 1. The summed E-state index contributed by atoms with van der Waals surface area (Å²) in [5, 5.41) is 0. The minimum Gasteiger partial charge on any atom is -0.497 e. The Morgan fingerprint density at radius 1 is 1.40 bits per heavy atom. The number of methoxy groups -OCH3 is 1. The standard InChI is InChI=1S/C14H22N2O3S/c1-10(2)15-20(17,18)16-8-7-12-5-6-13(19-4)9-14(12)11(16)3/h5-6,9-11,15H,7-8H2,1-4H3. The van der Waals surface area contributed by atoms with Gasteiger partial charge in [0, 0.05) is 18.6 Å². The molecule has 0 amide bonds. The normalized spacial score (nSPS) is 19.9. The molecule has 2 rings (SSSR count). The van der Waals surface area contributed by atoms with E-state index in [2.05, 4.69) is 4.72 Å². The summed E-state index contributed by atoms with van der Waals surface area (Å²) in [5.41, 5.74) is 2.21. The zero-order chi connectivity index (χ0) is 14.9. The smallest absolute Gasteiger partial charge is 0.280 e. The third kappa shape index (κ3) is 2.97. The van der Waals surface area contributed by atoms with Crippen LogP contribution in [-0.4, -0.2) is 32.4 Å². The fourth-order valence-electron chi connectivity index (χ4n) is 2.59. The fraction of sp³-hybridized carbons (Fsp3) is 0.571. The summed E-state index contributed by atoms with van der Waals surface area (Å²) >= 11 is 0. The number of hydrogen-bond donors (Lipinski definition) is 1. The quantitative estimate of drug-likeness (QED) is 0.923. The number of fused-ring (bicyclic) bond motifs is 1. The second-order valence-electron chi connectivity index (χ2n) is 5.38. The van der Waals surface area contributed by atoms with E-state index in [1.54, 1.807) is 7.11 Å². The monoisotopic (exact) mass is 298 g/mol.